The molecule has 2 rings (SSSR count). The van der Waals surface area contributed by atoms with E-state index in [1.807, 2.05) is 0 Å². The van der Waals surface area contributed by atoms with Gasteiger partial charge in [-0.3, -0.25) is 0 Å². The highest BCUT2D eigenvalue weighted by molar-refractivity contribution is 6.31. The standard InChI is InChI=1S/C11H10ClN3O/c1-16-11-3-2-7(12)4-8(11)9-5-14-15-6-10(9)13/h2-6H,1H3,(H2,13,14). The molecule has 1 aromatic carbocycles. The van der Waals surface area contributed by atoms with Gasteiger partial charge in [0.15, 0.2) is 0 Å². The molecule has 5 heteroatoms. The summed E-state index contributed by atoms with van der Waals surface area (Å²) in [6, 6.07) is 5.33. The third kappa shape index (κ3) is 1.92. The minimum Gasteiger partial charge on any atom is -0.496 e. The van der Waals surface area contributed by atoms with Crippen molar-refractivity contribution in [1.29, 1.82) is 0 Å². The molecular weight excluding hydrogens is 226 g/mol. The molecule has 16 heavy (non-hydrogen) atoms. The van der Waals surface area contributed by atoms with Gasteiger partial charge in [0.2, 0.25) is 0 Å². The molecule has 0 spiro atoms. The van der Waals surface area contributed by atoms with Gasteiger partial charge < -0.3 is 10.5 Å². The van der Waals surface area contributed by atoms with Gasteiger partial charge in [-0.2, -0.15) is 10.2 Å². The second kappa shape index (κ2) is 4.37. The summed E-state index contributed by atoms with van der Waals surface area (Å²) < 4.78 is 5.25. The van der Waals surface area contributed by atoms with Crippen LogP contribution in [0.25, 0.3) is 11.1 Å². The number of nitrogen functional groups attached to an aromatic ring is 1. The third-order valence-corrected chi connectivity index (χ3v) is 2.45. The largest absolute Gasteiger partial charge is 0.496 e. The number of hydrogen-bond acceptors (Lipinski definition) is 4. The number of hydrogen-bond donors (Lipinski definition) is 1. The van der Waals surface area contributed by atoms with E-state index >= 15 is 0 Å². The smallest absolute Gasteiger partial charge is 0.126 e. The number of methoxy groups -OCH3 is 1. The first kappa shape index (κ1) is 10.7. The zero-order chi connectivity index (χ0) is 11.5. The van der Waals surface area contributed by atoms with Gasteiger partial charge in [-0.1, -0.05) is 11.6 Å². The Morgan fingerprint density at radius 3 is 2.62 bits per heavy atom. The van der Waals surface area contributed by atoms with E-state index in [4.69, 9.17) is 22.1 Å². The van der Waals surface area contributed by atoms with E-state index in [9.17, 15) is 0 Å². The van der Waals surface area contributed by atoms with Crippen molar-refractivity contribution in [1.82, 2.24) is 10.2 Å². The molecule has 0 aliphatic heterocycles. The van der Waals surface area contributed by atoms with Crippen LogP contribution in [0, 0.1) is 0 Å². The van der Waals surface area contributed by atoms with Crippen LogP contribution in [0.4, 0.5) is 5.69 Å². The number of nitrogens with zero attached hydrogens (tertiary/aromatic N) is 2. The molecule has 0 atom stereocenters. The lowest BCUT2D eigenvalue weighted by atomic mass is 10.1. The van der Waals surface area contributed by atoms with Crippen molar-refractivity contribution in [2.24, 2.45) is 0 Å². The van der Waals surface area contributed by atoms with E-state index in [2.05, 4.69) is 10.2 Å². The Morgan fingerprint density at radius 1 is 1.19 bits per heavy atom. The molecule has 0 unspecified atom stereocenters. The van der Waals surface area contributed by atoms with E-state index < -0.39 is 0 Å². The van der Waals surface area contributed by atoms with Crippen LogP contribution in [0.5, 0.6) is 5.75 Å². The molecule has 0 radical (unpaired) electrons. The van der Waals surface area contributed by atoms with Gasteiger partial charge in [0.25, 0.3) is 0 Å². The van der Waals surface area contributed by atoms with Crippen molar-refractivity contribution in [3.63, 3.8) is 0 Å². The summed E-state index contributed by atoms with van der Waals surface area (Å²) in [6.45, 7) is 0. The summed E-state index contributed by atoms with van der Waals surface area (Å²) in [5, 5.41) is 8.12. The molecule has 2 aromatic rings. The van der Waals surface area contributed by atoms with Gasteiger partial charge in [-0.15, -0.1) is 0 Å². The second-order valence-corrected chi connectivity index (χ2v) is 3.64. The van der Waals surface area contributed by atoms with Crippen molar-refractivity contribution >= 4 is 17.3 Å². The Balaban J connectivity index is 2.63. The van der Waals surface area contributed by atoms with Crippen LogP contribution in [0.1, 0.15) is 0 Å². The number of aromatic nitrogens is 2. The SMILES string of the molecule is COc1ccc(Cl)cc1-c1cnncc1N. The van der Waals surface area contributed by atoms with Crippen LogP contribution < -0.4 is 10.5 Å². The second-order valence-electron chi connectivity index (χ2n) is 3.20. The zero-order valence-corrected chi connectivity index (χ0v) is 9.40. The first-order chi connectivity index (χ1) is 7.72. The van der Waals surface area contributed by atoms with E-state index in [0.717, 1.165) is 11.1 Å². The van der Waals surface area contributed by atoms with Gasteiger partial charge in [-0.05, 0) is 18.2 Å². The average molecular weight is 236 g/mol. The summed E-state index contributed by atoms with van der Waals surface area (Å²) in [6.07, 6.45) is 3.08. The normalized spacial score (nSPS) is 10.1. The molecule has 1 heterocycles. The fraction of sp³-hybridized carbons (Fsp3) is 0.0909. The van der Waals surface area contributed by atoms with Crippen LogP contribution in [-0.2, 0) is 0 Å². The lowest BCUT2D eigenvalue weighted by Gasteiger charge is -2.10. The highest BCUT2D eigenvalue weighted by Gasteiger charge is 2.09. The quantitative estimate of drug-likeness (QED) is 0.868. The number of rotatable bonds is 2. The summed E-state index contributed by atoms with van der Waals surface area (Å²) in [5.74, 6) is 0.698. The Labute approximate surface area is 98.0 Å². The van der Waals surface area contributed by atoms with Crippen molar-refractivity contribution in [3.05, 3.63) is 35.6 Å². The third-order valence-electron chi connectivity index (χ3n) is 2.21. The predicted molar refractivity (Wildman–Crippen MR) is 63.4 cm³/mol. The maximum Gasteiger partial charge on any atom is 0.126 e. The van der Waals surface area contributed by atoms with E-state index in [1.54, 1.807) is 31.5 Å². The summed E-state index contributed by atoms with van der Waals surface area (Å²) in [7, 11) is 1.59. The van der Waals surface area contributed by atoms with Crippen molar-refractivity contribution in [2.45, 2.75) is 0 Å². The highest BCUT2D eigenvalue weighted by atomic mass is 35.5. The molecule has 82 valence electrons. The van der Waals surface area contributed by atoms with Crippen LogP contribution in [0.2, 0.25) is 5.02 Å². The van der Waals surface area contributed by atoms with Crippen LogP contribution >= 0.6 is 11.6 Å². The summed E-state index contributed by atoms with van der Waals surface area (Å²) in [5.41, 5.74) is 7.93. The molecule has 0 saturated heterocycles. The number of anilines is 1. The van der Waals surface area contributed by atoms with Gasteiger partial charge in [0.05, 0.1) is 25.2 Å². The lowest BCUT2D eigenvalue weighted by molar-refractivity contribution is 0.416. The summed E-state index contributed by atoms with van der Waals surface area (Å²) in [4.78, 5) is 0. The Hall–Kier alpha value is -1.81. The Kier molecular flexibility index (Phi) is 2.92. The van der Waals surface area contributed by atoms with Crippen LogP contribution in [-0.4, -0.2) is 17.3 Å². The fourth-order valence-electron chi connectivity index (χ4n) is 1.45. The monoisotopic (exact) mass is 235 g/mol. The van der Waals surface area contributed by atoms with E-state index in [0.29, 0.717) is 16.5 Å². The first-order valence-electron chi connectivity index (χ1n) is 4.62. The lowest BCUT2D eigenvalue weighted by Crippen LogP contribution is -1.95. The van der Waals surface area contributed by atoms with Crippen molar-refractivity contribution in [2.75, 3.05) is 12.8 Å². The maximum atomic E-state index is 5.94. The van der Waals surface area contributed by atoms with Crippen LogP contribution in [0.3, 0.4) is 0 Å². The molecule has 0 fully saturated rings. The average Bonchev–Trinajstić information content (AvgIpc) is 2.29. The molecule has 1 aromatic heterocycles. The van der Waals surface area contributed by atoms with Gasteiger partial charge in [0.1, 0.15) is 5.75 Å². The Bertz CT molecular complexity index is 516. The zero-order valence-electron chi connectivity index (χ0n) is 8.64. The fourth-order valence-corrected chi connectivity index (χ4v) is 1.62. The molecule has 4 nitrogen and oxygen atoms in total. The molecule has 0 saturated carbocycles. The molecule has 0 aliphatic carbocycles. The molecule has 2 N–H and O–H groups in total. The van der Waals surface area contributed by atoms with Crippen molar-refractivity contribution in [3.8, 4) is 16.9 Å². The topological polar surface area (TPSA) is 61.0 Å². The molecule has 0 amide bonds. The predicted octanol–water partition coefficient (Wildman–Crippen LogP) is 2.39. The number of nitrogens with two attached hydrogens (primary N) is 1. The summed E-state index contributed by atoms with van der Waals surface area (Å²) >= 11 is 5.94. The van der Waals surface area contributed by atoms with Gasteiger partial charge >= 0.3 is 0 Å². The minimum atomic E-state index is 0.538. The highest BCUT2D eigenvalue weighted by Crippen LogP contribution is 2.34. The van der Waals surface area contributed by atoms with Crippen molar-refractivity contribution < 1.29 is 4.74 Å². The van der Waals surface area contributed by atoms with Gasteiger partial charge in [0, 0.05) is 16.1 Å². The molecule has 0 aliphatic rings. The number of benzene rings is 1. The van der Waals surface area contributed by atoms with Gasteiger partial charge in [-0.25, -0.2) is 0 Å². The van der Waals surface area contributed by atoms with Crippen LogP contribution in [0.15, 0.2) is 30.6 Å². The maximum absolute atomic E-state index is 5.94. The number of halogens is 1. The minimum absolute atomic E-state index is 0.538. The molecular formula is C11H10ClN3O. The van der Waals surface area contributed by atoms with E-state index in [-0.39, 0.29) is 0 Å². The van der Waals surface area contributed by atoms with E-state index in [1.165, 1.54) is 6.20 Å². The molecule has 0 bridgehead atoms. The Morgan fingerprint density at radius 2 is 1.94 bits per heavy atom. The number of ether oxygens (including phenoxy) is 1. The first-order valence-corrected chi connectivity index (χ1v) is 5.00.